The van der Waals surface area contributed by atoms with Crippen LogP contribution in [0.1, 0.15) is 43.4 Å². The highest BCUT2D eigenvalue weighted by Crippen LogP contribution is 2.29. The monoisotopic (exact) mass is 422 g/mol. The molecule has 0 aliphatic rings. The minimum Gasteiger partial charge on any atom is -0.310 e. The largest absolute Gasteiger partial charge is 0.310 e. The van der Waals surface area contributed by atoms with Crippen molar-refractivity contribution in [2.75, 3.05) is 0 Å². The lowest BCUT2D eigenvalue weighted by molar-refractivity contribution is 0.581. The summed E-state index contributed by atoms with van der Waals surface area (Å²) in [4.78, 5) is 5.13. The summed E-state index contributed by atoms with van der Waals surface area (Å²) < 4.78 is 28.3. The minimum atomic E-state index is -3.70. The molecule has 0 saturated heterocycles. The summed E-state index contributed by atoms with van der Waals surface area (Å²) in [7, 11) is -3.70. The Morgan fingerprint density at radius 2 is 1.79 bits per heavy atom. The van der Waals surface area contributed by atoms with Gasteiger partial charge in [0, 0.05) is 29.5 Å². The molecule has 0 aliphatic heterocycles. The molecular formula is C20H27ClN4O2S. The molecule has 0 aliphatic carbocycles. The number of fused-ring (bicyclic) bond motifs is 1. The number of nitrogens with one attached hydrogen (secondary N) is 1. The Labute approximate surface area is 172 Å². The van der Waals surface area contributed by atoms with Crippen molar-refractivity contribution in [3.63, 3.8) is 0 Å². The van der Waals surface area contributed by atoms with Crippen LogP contribution < -0.4 is 5.32 Å². The molecule has 2 aromatic heterocycles. The first-order chi connectivity index (χ1) is 12.8. The second-order valence-electron chi connectivity index (χ2n) is 6.98. The molecule has 3 aromatic rings. The van der Waals surface area contributed by atoms with Gasteiger partial charge in [0.25, 0.3) is 0 Å². The Hall–Kier alpha value is -1.96. The highest BCUT2D eigenvalue weighted by atomic mass is 35.5. The fourth-order valence-corrected chi connectivity index (χ4v) is 4.79. The van der Waals surface area contributed by atoms with Crippen molar-refractivity contribution < 1.29 is 8.42 Å². The standard InChI is InChI=1S/C20H26N4O2S.ClH/c1-6-18-19(27(25,26)16-10-8-7-9-11-16)20-22-14(4)17(12-21-13(2)3)15(5)24(20)23-18;/h7-11,13,21H,6,12H2,1-5H3;1H. The topological polar surface area (TPSA) is 76.4 Å². The van der Waals surface area contributed by atoms with Crippen molar-refractivity contribution in [1.29, 1.82) is 0 Å². The predicted molar refractivity (Wildman–Crippen MR) is 113 cm³/mol. The van der Waals surface area contributed by atoms with Gasteiger partial charge in [0.15, 0.2) is 5.65 Å². The first-order valence-electron chi connectivity index (χ1n) is 9.18. The maximum absolute atomic E-state index is 13.3. The number of rotatable bonds is 6. The molecule has 3 rings (SSSR count). The van der Waals surface area contributed by atoms with Crippen molar-refractivity contribution in [2.24, 2.45) is 0 Å². The molecular weight excluding hydrogens is 396 g/mol. The van der Waals surface area contributed by atoms with E-state index in [0.29, 0.717) is 30.3 Å². The molecule has 1 N–H and O–H groups in total. The summed E-state index contributed by atoms with van der Waals surface area (Å²) in [6.45, 7) is 10.6. The van der Waals surface area contributed by atoms with E-state index < -0.39 is 9.84 Å². The smallest absolute Gasteiger partial charge is 0.212 e. The van der Waals surface area contributed by atoms with Crippen LogP contribution in [0, 0.1) is 13.8 Å². The molecule has 0 atom stereocenters. The van der Waals surface area contributed by atoms with Crippen molar-refractivity contribution in [1.82, 2.24) is 19.9 Å². The van der Waals surface area contributed by atoms with Gasteiger partial charge in [-0.25, -0.2) is 17.9 Å². The predicted octanol–water partition coefficient (Wildman–Crippen LogP) is 3.66. The van der Waals surface area contributed by atoms with Gasteiger partial charge in [0.2, 0.25) is 9.84 Å². The van der Waals surface area contributed by atoms with Crippen LogP contribution in [-0.4, -0.2) is 29.1 Å². The van der Waals surface area contributed by atoms with E-state index in [1.54, 1.807) is 34.8 Å². The van der Waals surface area contributed by atoms with Crippen molar-refractivity contribution in [3.05, 3.63) is 53.0 Å². The molecule has 1 aromatic carbocycles. The van der Waals surface area contributed by atoms with Crippen LogP contribution in [0.5, 0.6) is 0 Å². The van der Waals surface area contributed by atoms with E-state index in [1.807, 2.05) is 20.8 Å². The molecule has 8 heteroatoms. The maximum atomic E-state index is 13.3. The van der Waals surface area contributed by atoms with Gasteiger partial charge in [-0.05, 0) is 32.4 Å². The second kappa shape index (κ2) is 8.59. The summed E-state index contributed by atoms with van der Waals surface area (Å²) in [5, 5.41) is 8.00. The first kappa shape index (κ1) is 22.3. The molecule has 2 heterocycles. The fraction of sp³-hybridized carbons (Fsp3) is 0.400. The van der Waals surface area contributed by atoms with Gasteiger partial charge in [0.05, 0.1) is 10.6 Å². The molecule has 28 heavy (non-hydrogen) atoms. The number of hydrogen-bond acceptors (Lipinski definition) is 5. The zero-order valence-corrected chi connectivity index (χ0v) is 18.5. The lowest BCUT2D eigenvalue weighted by atomic mass is 10.1. The number of sulfone groups is 1. The number of hydrogen-bond donors (Lipinski definition) is 1. The molecule has 0 amide bonds. The maximum Gasteiger partial charge on any atom is 0.212 e. The highest BCUT2D eigenvalue weighted by molar-refractivity contribution is 7.91. The molecule has 6 nitrogen and oxygen atoms in total. The van der Waals surface area contributed by atoms with E-state index in [-0.39, 0.29) is 22.2 Å². The molecule has 0 radical (unpaired) electrons. The van der Waals surface area contributed by atoms with Crippen LogP contribution in [0.2, 0.25) is 0 Å². The Kier molecular flexibility index (Phi) is 6.85. The summed E-state index contributed by atoms with van der Waals surface area (Å²) in [5.74, 6) is 0. The third-order valence-corrected chi connectivity index (χ3v) is 6.54. The summed E-state index contributed by atoms with van der Waals surface area (Å²) >= 11 is 0. The summed E-state index contributed by atoms with van der Waals surface area (Å²) in [6, 6.07) is 8.82. The summed E-state index contributed by atoms with van der Waals surface area (Å²) in [5.41, 5.74) is 3.72. The lowest BCUT2D eigenvalue weighted by Gasteiger charge is -2.14. The normalized spacial score (nSPS) is 11.8. The van der Waals surface area contributed by atoms with E-state index in [2.05, 4.69) is 29.2 Å². The fourth-order valence-electron chi connectivity index (χ4n) is 3.17. The van der Waals surface area contributed by atoms with Crippen LogP contribution in [0.25, 0.3) is 5.65 Å². The molecule has 0 bridgehead atoms. The van der Waals surface area contributed by atoms with E-state index in [4.69, 9.17) is 0 Å². The molecule has 152 valence electrons. The summed E-state index contributed by atoms with van der Waals surface area (Å²) in [6.07, 6.45) is 0.517. The number of benzene rings is 1. The quantitative estimate of drug-likeness (QED) is 0.655. The third kappa shape index (κ3) is 3.92. The van der Waals surface area contributed by atoms with E-state index in [1.165, 1.54) is 0 Å². The highest BCUT2D eigenvalue weighted by Gasteiger charge is 2.29. The van der Waals surface area contributed by atoms with Gasteiger partial charge in [0.1, 0.15) is 4.90 Å². The second-order valence-corrected chi connectivity index (χ2v) is 8.86. The van der Waals surface area contributed by atoms with Gasteiger partial charge in [-0.2, -0.15) is 5.10 Å². The minimum absolute atomic E-state index is 0. The Morgan fingerprint density at radius 3 is 2.36 bits per heavy atom. The Balaban J connectivity index is 0.00000280. The van der Waals surface area contributed by atoms with Gasteiger partial charge in [-0.15, -0.1) is 12.4 Å². The van der Waals surface area contributed by atoms with Crippen molar-refractivity contribution in [2.45, 2.75) is 63.4 Å². The SMILES string of the molecule is CCc1nn2c(C)c(CNC(C)C)c(C)nc2c1S(=O)(=O)c1ccccc1.Cl. The van der Waals surface area contributed by atoms with E-state index in [9.17, 15) is 8.42 Å². The van der Waals surface area contributed by atoms with Gasteiger partial charge >= 0.3 is 0 Å². The van der Waals surface area contributed by atoms with Crippen LogP contribution in [0.15, 0.2) is 40.1 Å². The average Bonchev–Trinajstić information content (AvgIpc) is 3.01. The number of nitrogens with zero attached hydrogens (tertiary/aromatic N) is 3. The Morgan fingerprint density at radius 1 is 1.14 bits per heavy atom. The molecule has 0 unspecified atom stereocenters. The van der Waals surface area contributed by atoms with Crippen LogP contribution in [0.3, 0.4) is 0 Å². The first-order valence-corrected chi connectivity index (χ1v) is 10.7. The van der Waals surface area contributed by atoms with Gasteiger partial charge < -0.3 is 5.32 Å². The Bertz CT molecular complexity index is 1080. The van der Waals surface area contributed by atoms with Crippen molar-refractivity contribution in [3.8, 4) is 0 Å². The van der Waals surface area contributed by atoms with Gasteiger partial charge in [-0.3, -0.25) is 0 Å². The molecule has 0 spiro atoms. The van der Waals surface area contributed by atoms with E-state index in [0.717, 1.165) is 17.0 Å². The van der Waals surface area contributed by atoms with Crippen molar-refractivity contribution >= 4 is 27.9 Å². The zero-order chi connectivity index (χ0) is 19.8. The third-order valence-electron chi connectivity index (χ3n) is 4.70. The number of halogens is 1. The van der Waals surface area contributed by atoms with Crippen LogP contribution in [-0.2, 0) is 22.8 Å². The van der Waals surface area contributed by atoms with Crippen LogP contribution in [0.4, 0.5) is 0 Å². The zero-order valence-electron chi connectivity index (χ0n) is 16.9. The number of aromatic nitrogens is 3. The van der Waals surface area contributed by atoms with Crippen LogP contribution >= 0.6 is 12.4 Å². The average molecular weight is 423 g/mol. The lowest BCUT2D eigenvalue weighted by Crippen LogP contribution is -2.24. The van der Waals surface area contributed by atoms with Gasteiger partial charge in [-0.1, -0.05) is 39.0 Å². The number of aryl methyl sites for hydroxylation is 3. The molecule has 0 fully saturated rings. The van der Waals surface area contributed by atoms with E-state index >= 15 is 0 Å². The molecule has 0 saturated carbocycles.